The molecular weight excluding hydrogens is 302 g/mol. The van der Waals surface area contributed by atoms with Gasteiger partial charge in [0, 0.05) is 37.8 Å². The number of nitrogens with one attached hydrogen (secondary N) is 1. The first-order chi connectivity index (χ1) is 11.6. The SMILES string of the molecule is Cc1ccccc1NC(=O)CCN1CCC(N(C)CCCO)CC1. The summed E-state index contributed by atoms with van der Waals surface area (Å²) in [7, 11) is 2.14. The fourth-order valence-electron chi connectivity index (χ4n) is 3.27. The van der Waals surface area contributed by atoms with E-state index in [1.165, 1.54) is 0 Å². The second-order valence-electron chi connectivity index (χ2n) is 6.74. The molecule has 0 radical (unpaired) electrons. The van der Waals surface area contributed by atoms with E-state index in [-0.39, 0.29) is 12.5 Å². The zero-order valence-electron chi connectivity index (χ0n) is 15.0. The molecule has 134 valence electrons. The Kier molecular flexibility index (Phi) is 7.69. The van der Waals surface area contributed by atoms with Gasteiger partial charge in [0.2, 0.25) is 5.91 Å². The van der Waals surface area contributed by atoms with Crippen LogP contribution in [-0.4, -0.2) is 66.7 Å². The Morgan fingerprint density at radius 1 is 1.33 bits per heavy atom. The molecule has 0 saturated carbocycles. The number of rotatable bonds is 8. The van der Waals surface area contributed by atoms with Crippen molar-refractivity contribution in [3.05, 3.63) is 29.8 Å². The predicted molar refractivity (Wildman–Crippen MR) is 98.2 cm³/mol. The van der Waals surface area contributed by atoms with Crippen molar-refractivity contribution in [2.24, 2.45) is 0 Å². The van der Waals surface area contributed by atoms with Crippen molar-refractivity contribution in [1.82, 2.24) is 9.80 Å². The Hall–Kier alpha value is -1.43. The first-order valence-electron chi connectivity index (χ1n) is 8.99. The molecule has 2 N–H and O–H groups in total. The van der Waals surface area contributed by atoms with Crippen LogP contribution in [0.1, 0.15) is 31.2 Å². The molecule has 24 heavy (non-hydrogen) atoms. The highest BCUT2D eigenvalue weighted by atomic mass is 16.3. The van der Waals surface area contributed by atoms with Crippen LogP contribution in [0, 0.1) is 6.92 Å². The summed E-state index contributed by atoms with van der Waals surface area (Å²) in [5.41, 5.74) is 2.00. The molecule has 1 aliphatic heterocycles. The quantitative estimate of drug-likeness (QED) is 0.765. The van der Waals surface area contributed by atoms with Crippen molar-refractivity contribution in [3.8, 4) is 0 Å². The molecule has 0 spiro atoms. The summed E-state index contributed by atoms with van der Waals surface area (Å²) >= 11 is 0. The number of hydrogen-bond donors (Lipinski definition) is 2. The van der Waals surface area contributed by atoms with Gasteiger partial charge in [0.25, 0.3) is 0 Å². The monoisotopic (exact) mass is 333 g/mol. The number of piperidine rings is 1. The molecule has 1 fully saturated rings. The maximum atomic E-state index is 12.1. The van der Waals surface area contributed by atoms with Gasteiger partial charge in [-0.2, -0.15) is 0 Å². The minimum atomic E-state index is 0.0893. The third-order valence-electron chi connectivity index (χ3n) is 4.92. The van der Waals surface area contributed by atoms with Crippen LogP contribution in [0.25, 0.3) is 0 Å². The third-order valence-corrected chi connectivity index (χ3v) is 4.92. The topological polar surface area (TPSA) is 55.8 Å². The standard InChI is InChI=1S/C19H31N3O2/c1-16-6-3-4-7-18(16)20-19(24)10-14-22-12-8-17(9-13-22)21(2)11-5-15-23/h3-4,6-7,17,23H,5,8-15H2,1-2H3,(H,20,24). The van der Waals surface area contributed by atoms with Crippen LogP contribution < -0.4 is 5.32 Å². The molecule has 2 rings (SSSR count). The molecule has 0 bridgehead atoms. The number of aliphatic hydroxyl groups is 1. The molecule has 5 heteroatoms. The molecule has 1 heterocycles. The van der Waals surface area contributed by atoms with Gasteiger partial charge in [-0.1, -0.05) is 18.2 Å². The molecule has 0 unspecified atom stereocenters. The van der Waals surface area contributed by atoms with Gasteiger partial charge in [-0.15, -0.1) is 0 Å². The second-order valence-corrected chi connectivity index (χ2v) is 6.74. The number of likely N-dealkylation sites (tertiary alicyclic amines) is 1. The smallest absolute Gasteiger partial charge is 0.225 e. The minimum Gasteiger partial charge on any atom is -0.396 e. The fraction of sp³-hybridized carbons (Fsp3) is 0.632. The van der Waals surface area contributed by atoms with Crippen LogP contribution in [0.3, 0.4) is 0 Å². The van der Waals surface area contributed by atoms with E-state index in [0.29, 0.717) is 12.5 Å². The Morgan fingerprint density at radius 2 is 2.04 bits per heavy atom. The maximum absolute atomic E-state index is 12.1. The van der Waals surface area contributed by atoms with Crippen LogP contribution in [0.15, 0.2) is 24.3 Å². The van der Waals surface area contributed by atoms with E-state index in [4.69, 9.17) is 5.11 Å². The predicted octanol–water partition coefficient (Wildman–Crippen LogP) is 2.10. The Bertz CT molecular complexity index is 513. The lowest BCUT2D eigenvalue weighted by Crippen LogP contribution is -2.44. The highest BCUT2D eigenvalue weighted by molar-refractivity contribution is 5.91. The van der Waals surface area contributed by atoms with Gasteiger partial charge in [0.15, 0.2) is 0 Å². The lowest BCUT2D eigenvalue weighted by molar-refractivity contribution is -0.116. The number of hydrogen-bond acceptors (Lipinski definition) is 4. The van der Waals surface area contributed by atoms with E-state index in [1.807, 2.05) is 31.2 Å². The average Bonchev–Trinajstić information content (AvgIpc) is 2.60. The molecule has 0 aliphatic carbocycles. The van der Waals surface area contributed by atoms with Crippen molar-refractivity contribution in [2.75, 3.05) is 45.2 Å². The molecule has 1 saturated heterocycles. The number of benzene rings is 1. The number of nitrogens with zero attached hydrogens (tertiary/aromatic N) is 2. The summed E-state index contributed by atoms with van der Waals surface area (Å²) in [5, 5.41) is 11.9. The molecule has 0 atom stereocenters. The number of aryl methyl sites for hydroxylation is 1. The summed E-state index contributed by atoms with van der Waals surface area (Å²) in [6.07, 6.45) is 3.66. The van der Waals surface area contributed by atoms with Crippen molar-refractivity contribution in [3.63, 3.8) is 0 Å². The summed E-state index contributed by atoms with van der Waals surface area (Å²) in [5.74, 6) is 0.0893. The summed E-state index contributed by atoms with van der Waals surface area (Å²) < 4.78 is 0. The normalized spacial score (nSPS) is 16.5. The van der Waals surface area contributed by atoms with E-state index >= 15 is 0 Å². The third kappa shape index (κ3) is 5.89. The average molecular weight is 333 g/mol. The maximum Gasteiger partial charge on any atom is 0.225 e. The largest absolute Gasteiger partial charge is 0.396 e. The summed E-state index contributed by atoms with van der Waals surface area (Å²) in [6.45, 7) is 6.15. The van der Waals surface area contributed by atoms with E-state index in [1.54, 1.807) is 0 Å². The number of anilines is 1. The van der Waals surface area contributed by atoms with Gasteiger partial charge in [0.1, 0.15) is 0 Å². The van der Waals surface area contributed by atoms with E-state index in [2.05, 4.69) is 22.2 Å². The first kappa shape index (κ1) is 18.9. The van der Waals surface area contributed by atoms with Gasteiger partial charge in [-0.05, 0) is 58.0 Å². The number of para-hydroxylation sites is 1. The number of aliphatic hydroxyl groups excluding tert-OH is 1. The molecule has 1 aromatic rings. The number of amides is 1. The molecule has 1 aliphatic rings. The molecular formula is C19H31N3O2. The van der Waals surface area contributed by atoms with Crippen molar-refractivity contribution >= 4 is 11.6 Å². The van der Waals surface area contributed by atoms with Crippen LogP contribution in [0.4, 0.5) is 5.69 Å². The van der Waals surface area contributed by atoms with E-state index in [0.717, 1.165) is 56.7 Å². The van der Waals surface area contributed by atoms with Gasteiger partial charge < -0.3 is 20.2 Å². The lowest BCUT2D eigenvalue weighted by atomic mass is 10.0. The van der Waals surface area contributed by atoms with Gasteiger partial charge in [-0.25, -0.2) is 0 Å². The van der Waals surface area contributed by atoms with Crippen molar-refractivity contribution in [2.45, 2.75) is 38.6 Å². The Balaban J connectivity index is 1.67. The van der Waals surface area contributed by atoms with E-state index < -0.39 is 0 Å². The minimum absolute atomic E-state index is 0.0893. The van der Waals surface area contributed by atoms with Crippen LogP contribution in [0.5, 0.6) is 0 Å². The first-order valence-corrected chi connectivity index (χ1v) is 8.99. The molecule has 1 aromatic carbocycles. The van der Waals surface area contributed by atoms with Crippen molar-refractivity contribution < 1.29 is 9.90 Å². The van der Waals surface area contributed by atoms with Gasteiger partial charge in [0.05, 0.1) is 0 Å². The highest BCUT2D eigenvalue weighted by Gasteiger charge is 2.22. The number of carbonyl (C=O) groups is 1. The van der Waals surface area contributed by atoms with Crippen LogP contribution in [-0.2, 0) is 4.79 Å². The zero-order valence-corrected chi connectivity index (χ0v) is 15.0. The lowest BCUT2D eigenvalue weighted by Gasteiger charge is -2.36. The van der Waals surface area contributed by atoms with Gasteiger partial charge >= 0.3 is 0 Å². The number of carbonyl (C=O) groups excluding carboxylic acids is 1. The second kappa shape index (κ2) is 9.77. The van der Waals surface area contributed by atoms with E-state index in [9.17, 15) is 4.79 Å². The summed E-state index contributed by atoms with van der Waals surface area (Å²) in [4.78, 5) is 16.9. The molecule has 5 nitrogen and oxygen atoms in total. The molecule has 0 aromatic heterocycles. The van der Waals surface area contributed by atoms with Gasteiger partial charge in [-0.3, -0.25) is 4.79 Å². The summed E-state index contributed by atoms with van der Waals surface area (Å²) in [6, 6.07) is 8.48. The molecule has 1 amide bonds. The zero-order chi connectivity index (χ0) is 17.4. The Morgan fingerprint density at radius 3 is 2.71 bits per heavy atom. The fourth-order valence-corrected chi connectivity index (χ4v) is 3.27. The Labute approximate surface area is 145 Å². The van der Waals surface area contributed by atoms with Crippen LogP contribution >= 0.6 is 0 Å². The highest BCUT2D eigenvalue weighted by Crippen LogP contribution is 2.17. The van der Waals surface area contributed by atoms with Crippen molar-refractivity contribution in [1.29, 1.82) is 0 Å². The van der Waals surface area contributed by atoms with Crippen LogP contribution in [0.2, 0.25) is 0 Å².